The van der Waals surface area contributed by atoms with Crippen LogP contribution in [0.5, 0.6) is 0 Å². The molecule has 1 amide bonds. The SMILES string of the molecule is CCc1noc(CCC(=O)NC2CCCN(c3ccccn3)C2)n1. The Balaban J connectivity index is 1.47. The first-order valence-electron chi connectivity index (χ1n) is 8.51. The van der Waals surface area contributed by atoms with Crippen LogP contribution in [0.15, 0.2) is 28.9 Å². The molecule has 1 fully saturated rings. The van der Waals surface area contributed by atoms with E-state index in [9.17, 15) is 4.79 Å². The molecule has 0 radical (unpaired) electrons. The van der Waals surface area contributed by atoms with E-state index in [1.165, 1.54) is 0 Å². The van der Waals surface area contributed by atoms with Crippen molar-refractivity contribution < 1.29 is 9.32 Å². The second-order valence-corrected chi connectivity index (χ2v) is 6.00. The molecule has 1 aliphatic rings. The highest BCUT2D eigenvalue weighted by atomic mass is 16.5. The fourth-order valence-electron chi connectivity index (χ4n) is 2.90. The molecule has 1 unspecified atom stereocenters. The maximum absolute atomic E-state index is 12.2. The van der Waals surface area contributed by atoms with E-state index in [4.69, 9.17) is 4.52 Å². The maximum atomic E-state index is 12.2. The number of carbonyl (C=O) groups excluding carboxylic acids is 1. The van der Waals surface area contributed by atoms with Crippen LogP contribution in [-0.4, -0.2) is 40.2 Å². The number of pyridine rings is 1. The quantitative estimate of drug-likeness (QED) is 0.869. The summed E-state index contributed by atoms with van der Waals surface area (Å²) in [5, 5.41) is 6.95. The second kappa shape index (κ2) is 7.90. The van der Waals surface area contributed by atoms with Crippen molar-refractivity contribution in [1.29, 1.82) is 0 Å². The maximum Gasteiger partial charge on any atom is 0.227 e. The lowest BCUT2D eigenvalue weighted by Gasteiger charge is -2.33. The van der Waals surface area contributed by atoms with E-state index in [2.05, 4.69) is 25.3 Å². The Kier molecular flexibility index (Phi) is 5.40. The van der Waals surface area contributed by atoms with Gasteiger partial charge in [0.1, 0.15) is 5.82 Å². The smallest absolute Gasteiger partial charge is 0.227 e. The minimum atomic E-state index is 0.0270. The Morgan fingerprint density at radius 1 is 1.46 bits per heavy atom. The first-order valence-corrected chi connectivity index (χ1v) is 8.51. The van der Waals surface area contributed by atoms with Crippen LogP contribution >= 0.6 is 0 Å². The van der Waals surface area contributed by atoms with Crippen LogP contribution in [0.25, 0.3) is 0 Å². The monoisotopic (exact) mass is 329 g/mol. The molecule has 1 aliphatic heterocycles. The molecule has 0 spiro atoms. The molecular formula is C17H23N5O2. The van der Waals surface area contributed by atoms with Crippen molar-refractivity contribution >= 4 is 11.7 Å². The summed E-state index contributed by atoms with van der Waals surface area (Å²) in [6.07, 6.45) is 5.43. The van der Waals surface area contributed by atoms with E-state index < -0.39 is 0 Å². The highest BCUT2D eigenvalue weighted by Crippen LogP contribution is 2.17. The number of nitrogens with one attached hydrogen (secondary N) is 1. The largest absolute Gasteiger partial charge is 0.355 e. The van der Waals surface area contributed by atoms with E-state index in [1.807, 2.05) is 25.1 Å². The molecule has 0 aromatic carbocycles. The Morgan fingerprint density at radius 2 is 2.38 bits per heavy atom. The number of hydrogen-bond acceptors (Lipinski definition) is 6. The predicted octanol–water partition coefficient (Wildman–Crippen LogP) is 1.74. The van der Waals surface area contributed by atoms with Gasteiger partial charge in [-0.25, -0.2) is 4.98 Å². The third kappa shape index (κ3) is 4.31. The van der Waals surface area contributed by atoms with Gasteiger partial charge < -0.3 is 14.7 Å². The summed E-state index contributed by atoms with van der Waals surface area (Å²) in [4.78, 5) is 23.0. The zero-order valence-corrected chi connectivity index (χ0v) is 13.9. The summed E-state index contributed by atoms with van der Waals surface area (Å²) in [6, 6.07) is 6.06. The molecule has 2 aromatic rings. The van der Waals surface area contributed by atoms with E-state index in [0.29, 0.717) is 24.6 Å². The van der Waals surface area contributed by atoms with Gasteiger partial charge in [0.15, 0.2) is 5.82 Å². The number of piperidine rings is 1. The minimum Gasteiger partial charge on any atom is -0.355 e. The molecule has 1 N–H and O–H groups in total. The minimum absolute atomic E-state index is 0.0270. The number of nitrogens with zero attached hydrogens (tertiary/aromatic N) is 4. The van der Waals surface area contributed by atoms with Crippen molar-refractivity contribution in [2.75, 3.05) is 18.0 Å². The molecule has 128 valence electrons. The van der Waals surface area contributed by atoms with Gasteiger partial charge >= 0.3 is 0 Å². The standard InChI is InChI=1S/C17H23N5O2/c1-2-14-20-17(24-21-14)9-8-16(23)19-13-6-5-11-22(12-13)15-7-3-4-10-18-15/h3-4,7,10,13H,2,5-6,8-9,11-12H2,1H3,(H,19,23). The molecule has 2 aromatic heterocycles. The molecule has 3 rings (SSSR count). The Hall–Kier alpha value is -2.44. The molecule has 0 saturated carbocycles. The van der Waals surface area contributed by atoms with Crippen molar-refractivity contribution in [1.82, 2.24) is 20.4 Å². The molecule has 1 atom stereocenters. The average Bonchev–Trinajstić information content (AvgIpc) is 3.09. The summed E-state index contributed by atoms with van der Waals surface area (Å²) < 4.78 is 5.11. The topological polar surface area (TPSA) is 84.2 Å². The average molecular weight is 329 g/mol. The van der Waals surface area contributed by atoms with Crippen LogP contribution in [0.3, 0.4) is 0 Å². The molecule has 7 heteroatoms. The van der Waals surface area contributed by atoms with Gasteiger partial charge in [0.2, 0.25) is 11.8 Å². The number of amides is 1. The van der Waals surface area contributed by atoms with E-state index in [1.54, 1.807) is 6.20 Å². The zero-order valence-electron chi connectivity index (χ0n) is 13.9. The van der Waals surface area contributed by atoms with E-state index >= 15 is 0 Å². The van der Waals surface area contributed by atoms with Gasteiger partial charge in [-0.3, -0.25) is 4.79 Å². The van der Waals surface area contributed by atoms with Crippen LogP contribution in [0, 0.1) is 0 Å². The van der Waals surface area contributed by atoms with Gasteiger partial charge in [-0.2, -0.15) is 4.98 Å². The summed E-state index contributed by atoms with van der Waals surface area (Å²) in [5.74, 6) is 2.21. The third-order valence-corrected chi connectivity index (χ3v) is 4.15. The molecule has 3 heterocycles. The Bertz CT molecular complexity index is 658. The predicted molar refractivity (Wildman–Crippen MR) is 89.6 cm³/mol. The van der Waals surface area contributed by atoms with E-state index in [0.717, 1.165) is 38.2 Å². The number of hydrogen-bond donors (Lipinski definition) is 1. The van der Waals surface area contributed by atoms with Crippen molar-refractivity contribution in [2.24, 2.45) is 0 Å². The third-order valence-electron chi connectivity index (χ3n) is 4.15. The molecule has 24 heavy (non-hydrogen) atoms. The zero-order chi connectivity index (χ0) is 16.8. The summed E-state index contributed by atoms with van der Waals surface area (Å²) in [6.45, 7) is 3.74. The molecule has 0 aliphatic carbocycles. The summed E-state index contributed by atoms with van der Waals surface area (Å²) >= 11 is 0. The lowest BCUT2D eigenvalue weighted by molar-refractivity contribution is -0.121. The molecule has 7 nitrogen and oxygen atoms in total. The number of aromatic nitrogens is 3. The van der Waals surface area contributed by atoms with Crippen molar-refractivity contribution in [2.45, 2.75) is 45.1 Å². The summed E-state index contributed by atoms with van der Waals surface area (Å²) in [7, 11) is 0. The van der Waals surface area contributed by atoms with Crippen LogP contribution in [0.2, 0.25) is 0 Å². The number of aryl methyl sites for hydroxylation is 2. The van der Waals surface area contributed by atoms with Crippen LogP contribution in [-0.2, 0) is 17.6 Å². The Labute approximate surface area is 141 Å². The lowest BCUT2D eigenvalue weighted by atomic mass is 10.1. The van der Waals surface area contributed by atoms with Crippen LogP contribution in [0.4, 0.5) is 5.82 Å². The van der Waals surface area contributed by atoms with Gasteiger partial charge in [0.05, 0.1) is 0 Å². The van der Waals surface area contributed by atoms with Crippen molar-refractivity contribution in [3.63, 3.8) is 0 Å². The van der Waals surface area contributed by atoms with E-state index in [-0.39, 0.29) is 11.9 Å². The summed E-state index contributed by atoms with van der Waals surface area (Å²) in [5.41, 5.74) is 0. The lowest BCUT2D eigenvalue weighted by Crippen LogP contribution is -2.48. The fraction of sp³-hybridized carbons (Fsp3) is 0.529. The first-order chi connectivity index (χ1) is 11.7. The van der Waals surface area contributed by atoms with Crippen LogP contribution < -0.4 is 10.2 Å². The molecule has 0 bridgehead atoms. The number of rotatable bonds is 6. The molecular weight excluding hydrogens is 306 g/mol. The van der Waals surface area contributed by atoms with Gasteiger partial charge in [-0.1, -0.05) is 18.1 Å². The van der Waals surface area contributed by atoms with Gasteiger partial charge in [-0.05, 0) is 25.0 Å². The van der Waals surface area contributed by atoms with Crippen molar-refractivity contribution in [3.05, 3.63) is 36.1 Å². The van der Waals surface area contributed by atoms with Gasteiger partial charge in [-0.15, -0.1) is 0 Å². The van der Waals surface area contributed by atoms with Gasteiger partial charge in [0, 0.05) is 44.6 Å². The van der Waals surface area contributed by atoms with Gasteiger partial charge in [0.25, 0.3) is 0 Å². The molecule has 1 saturated heterocycles. The van der Waals surface area contributed by atoms with Crippen LogP contribution in [0.1, 0.15) is 37.9 Å². The number of carbonyl (C=O) groups is 1. The highest BCUT2D eigenvalue weighted by molar-refractivity contribution is 5.76. The Morgan fingerprint density at radius 3 is 3.12 bits per heavy atom. The van der Waals surface area contributed by atoms with Crippen molar-refractivity contribution in [3.8, 4) is 0 Å². The number of anilines is 1. The first kappa shape index (κ1) is 16.4. The highest BCUT2D eigenvalue weighted by Gasteiger charge is 2.22. The normalized spacial score (nSPS) is 17.7. The second-order valence-electron chi connectivity index (χ2n) is 6.00. The fourth-order valence-corrected chi connectivity index (χ4v) is 2.90.